The molecule has 1 aromatic heterocycles. The van der Waals surface area contributed by atoms with Crippen LogP contribution in [0.5, 0.6) is 5.75 Å². The SMILES string of the molecule is O=C(CCN1CCC(OC(=O)Nc2ccccc2-c2ccccc2)CC1)Nc1ccc(CNC[C@H](OC(=O)C(F)(F)F)c2ccc(OC(=O)C(F)(F)F)c3[nH]c(=O)ccc23)cc1. The van der Waals surface area contributed by atoms with Crippen molar-refractivity contribution in [2.45, 2.75) is 50.4 Å². The smallest absolute Gasteiger partial charge is 0.449 e. The zero-order valence-electron chi connectivity index (χ0n) is 32.6. The molecule has 0 saturated carbocycles. The van der Waals surface area contributed by atoms with Crippen molar-refractivity contribution >= 4 is 46.2 Å². The van der Waals surface area contributed by atoms with E-state index in [1.807, 2.05) is 54.6 Å². The predicted octanol–water partition coefficient (Wildman–Crippen LogP) is 7.64. The van der Waals surface area contributed by atoms with Gasteiger partial charge in [0.15, 0.2) is 5.75 Å². The molecule has 1 aliphatic heterocycles. The maximum absolute atomic E-state index is 13.3. The lowest BCUT2D eigenvalue weighted by Crippen LogP contribution is -2.39. The summed E-state index contributed by atoms with van der Waals surface area (Å²) in [6.45, 7) is 1.33. The molecule has 1 saturated heterocycles. The number of aromatic amines is 1. The second-order valence-corrected chi connectivity index (χ2v) is 14.2. The van der Waals surface area contributed by atoms with Gasteiger partial charge >= 0.3 is 30.4 Å². The maximum Gasteiger partial charge on any atom is 0.491 e. The Morgan fingerprint density at radius 2 is 1.45 bits per heavy atom. The minimum Gasteiger partial charge on any atom is -0.449 e. The van der Waals surface area contributed by atoms with Gasteiger partial charge in [-0.3, -0.25) is 14.9 Å². The monoisotopic (exact) mass is 867 g/mol. The maximum atomic E-state index is 13.3. The van der Waals surface area contributed by atoms with E-state index >= 15 is 0 Å². The van der Waals surface area contributed by atoms with E-state index in [2.05, 4.69) is 30.6 Å². The number of piperidine rings is 1. The number of amides is 2. The van der Waals surface area contributed by atoms with Crippen LogP contribution in [-0.2, 0) is 30.4 Å². The number of alkyl halides is 6. The van der Waals surface area contributed by atoms with Gasteiger partial charge in [-0.05, 0) is 54.3 Å². The molecule has 2 heterocycles. The van der Waals surface area contributed by atoms with Crippen molar-refractivity contribution in [3.05, 3.63) is 125 Å². The third-order valence-electron chi connectivity index (χ3n) is 9.76. The van der Waals surface area contributed by atoms with Gasteiger partial charge in [0.1, 0.15) is 12.2 Å². The molecule has 326 valence electrons. The van der Waals surface area contributed by atoms with Gasteiger partial charge in [0, 0.05) is 67.4 Å². The van der Waals surface area contributed by atoms with Gasteiger partial charge in [-0.2, -0.15) is 26.3 Å². The number of nitrogens with one attached hydrogen (secondary N) is 4. The van der Waals surface area contributed by atoms with Crippen molar-refractivity contribution in [3.63, 3.8) is 0 Å². The highest BCUT2D eigenvalue weighted by Gasteiger charge is 2.43. The molecule has 1 atom stereocenters. The Kier molecular flexibility index (Phi) is 14.3. The fraction of sp³-hybridized carbons (Fsp3) is 0.279. The number of rotatable bonds is 14. The molecular weight excluding hydrogens is 828 g/mol. The van der Waals surface area contributed by atoms with E-state index in [4.69, 9.17) is 9.47 Å². The number of fused-ring (bicyclic) bond motifs is 1. The predicted molar refractivity (Wildman–Crippen MR) is 214 cm³/mol. The summed E-state index contributed by atoms with van der Waals surface area (Å²) in [4.78, 5) is 65.3. The first-order valence-corrected chi connectivity index (χ1v) is 19.2. The minimum absolute atomic E-state index is 0.0344. The number of carbonyl (C=O) groups excluding carboxylic acids is 4. The first kappa shape index (κ1) is 44.8. The van der Waals surface area contributed by atoms with E-state index in [1.54, 1.807) is 24.3 Å². The number of H-pyrrole nitrogens is 1. The number of aromatic nitrogens is 1. The number of hydrogen-bond donors (Lipinski definition) is 4. The van der Waals surface area contributed by atoms with Gasteiger partial charge in [-0.15, -0.1) is 0 Å². The summed E-state index contributed by atoms with van der Waals surface area (Å²) in [5.41, 5.74) is 2.15. The average Bonchev–Trinajstić information content (AvgIpc) is 3.23. The highest BCUT2D eigenvalue weighted by molar-refractivity contribution is 5.93. The van der Waals surface area contributed by atoms with Crippen molar-refractivity contribution in [3.8, 4) is 16.9 Å². The molecule has 4 N–H and O–H groups in total. The molecule has 1 aliphatic rings. The van der Waals surface area contributed by atoms with Gasteiger partial charge in [-0.25, -0.2) is 14.4 Å². The molecule has 5 aromatic rings. The number of esters is 2. The summed E-state index contributed by atoms with van der Waals surface area (Å²) in [6, 6.07) is 27.5. The Morgan fingerprint density at radius 3 is 2.15 bits per heavy atom. The largest absolute Gasteiger partial charge is 0.491 e. The summed E-state index contributed by atoms with van der Waals surface area (Å²) in [6.07, 6.45) is -11.9. The van der Waals surface area contributed by atoms with Crippen LogP contribution in [0.15, 0.2) is 108 Å². The van der Waals surface area contributed by atoms with Crippen LogP contribution in [-0.4, -0.2) is 78.5 Å². The molecule has 0 radical (unpaired) electrons. The van der Waals surface area contributed by atoms with Gasteiger partial charge in [-0.1, -0.05) is 66.7 Å². The standard InChI is InChI=1S/C43H39F6N5O8/c44-42(45,46)39(57)61-34-16-14-31(32-15-17-36(55)53-38(32)34)35(62-40(58)43(47,48)49)25-50-24-26-10-12-28(13-11-26)51-37(56)20-23-54-21-18-29(19-22-54)60-41(59)52-33-9-5-4-8-30(33)27-6-2-1-3-7-27/h1-17,29,35,50H,18-25H2,(H,51,56)(H,52,59)(H,53,55)/t35-/m0/s1. The Bertz CT molecular complexity index is 2440. The van der Waals surface area contributed by atoms with E-state index in [9.17, 15) is 50.3 Å². The second-order valence-electron chi connectivity index (χ2n) is 14.2. The fourth-order valence-electron chi connectivity index (χ4n) is 6.72. The number of ether oxygens (including phenoxy) is 3. The fourth-order valence-corrected chi connectivity index (χ4v) is 6.72. The third kappa shape index (κ3) is 12.2. The van der Waals surface area contributed by atoms with Crippen molar-refractivity contribution in [1.29, 1.82) is 0 Å². The molecule has 0 unspecified atom stereocenters. The average molecular weight is 868 g/mol. The molecule has 62 heavy (non-hydrogen) atoms. The minimum atomic E-state index is -5.40. The molecule has 0 bridgehead atoms. The van der Waals surface area contributed by atoms with Crippen molar-refractivity contribution < 1.29 is 59.7 Å². The molecule has 4 aromatic carbocycles. The first-order valence-electron chi connectivity index (χ1n) is 19.2. The molecule has 0 spiro atoms. The Morgan fingerprint density at radius 1 is 0.774 bits per heavy atom. The van der Waals surface area contributed by atoms with E-state index < -0.39 is 59.9 Å². The van der Waals surface area contributed by atoms with Crippen LogP contribution in [0.4, 0.5) is 42.5 Å². The van der Waals surface area contributed by atoms with Gasteiger partial charge in [0.05, 0.1) is 11.2 Å². The third-order valence-corrected chi connectivity index (χ3v) is 9.76. The highest BCUT2D eigenvalue weighted by Crippen LogP contribution is 2.34. The summed E-state index contributed by atoms with van der Waals surface area (Å²) in [5.74, 6) is -6.13. The molecular formula is C43H39F6N5O8. The number of nitrogens with zero attached hydrogens (tertiary/aromatic N) is 1. The van der Waals surface area contributed by atoms with Crippen LogP contribution in [0.25, 0.3) is 22.0 Å². The Hall–Kier alpha value is -6.73. The van der Waals surface area contributed by atoms with Gasteiger partial charge in [0.25, 0.3) is 0 Å². The molecule has 2 amide bonds. The topological polar surface area (TPSA) is 168 Å². The molecule has 6 rings (SSSR count). The van der Waals surface area contributed by atoms with Crippen molar-refractivity contribution in [2.75, 3.05) is 36.8 Å². The molecule has 13 nitrogen and oxygen atoms in total. The van der Waals surface area contributed by atoms with Crippen LogP contribution in [0.2, 0.25) is 0 Å². The molecule has 1 fully saturated rings. The zero-order valence-corrected chi connectivity index (χ0v) is 32.6. The van der Waals surface area contributed by atoms with Crippen molar-refractivity contribution in [1.82, 2.24) is 15.2 Å². The number of anilines is 2. The second kappa shape index (κ2) is 19.8. The quantitative estimate of drug-likeness (QED) is 0.0495. The van der Waals surface area contributed by atoms with Gasteiger partial charge in [0.2, 0.25) is 11.5 Å². The number of hydrogen-bond acceptors (Lipinski definition) is 10. The number of halogens is 6. The lowest BCUT2D eigenvalue weighted by Gasteiger charge is -2.31. The first-order chi connectivity index (χ1) is 29.5. The van der Waals surface area contributed by atoms with Crippen LogP contribution >= 0.6 is 0 Å². The van der Waals surface area contributed by atoms with Crippen LogP contribution < -0.4 is 26.2 Å². The van der Waals surface area contributed by atoms with E-state index in [0.717, 1.165) is 35.4 Å². The van der Waals surface area contributed by atoms with Crippen LogP contribution in [0, 0.1) is 0 Å². The number of benzene rings is 4. The lowest BCUT2D eigenvalue weighted by molar-refractivity contribution is -0.205. The highest BCUT2D eigenvalue weighted by atomic mass is 19.4. The van der Waals surface area contributed by atoms with E-state index in [0.29, 0.717) is 49.4 Å². The number of likely N-dealkylation sites (tertiary alicyclic amines) is 1. The van der Waals surface area contributed by atoms with Crippen LogP contribution in [0.1, 0.15) is 36.5 Å². The van der Waals surface area contributed by atoms with E-state index in [1.165, 1.54) is 0 Å². The molecule has 0 aliphatic carbocycles. The molecule has 19 heteroatoms. The Labute approximate surface area is 349 Å². The Balaban J connectivity index is 0.973. The summed E-state index contributed by atoms with van der Waals surface area (Å²) in [5, 5.41) is 8.39. The van der Waals surface area contributed by atoms with Gasteiger partial charge < -0.3 is 34.7 Å². The summed E-state index contributed by atoms with van der Waals surface area (Å²) < 4.78 is 93.4. The summed E-state index contributed by atoms with van der Waals surface area (Å²) >= 11 is 0. The van der Waals surface area contributed by atoms with Crippen molar-refractivity contribution in [2.24, 2.45) is 0 Å². The number of pyridine rings is 1. The normalized spacial score (nSPS) is 14.2. The lowest BCUT2D eigenvalue weighted by atomic mass is 10.0. The zero-order chi connectivity index (χ0) is 44.4. The van der Waals surface area contributed by atoms with Crippen LogP contribution in [0.3, 0.4) is 0 Å². The number of para-hydroxylation sites is 1. The number of carbonyl (C=O) groups is 4. The van der Waals surface area contributed by atoms with E-state index in [-0.39, 0.29) is 35.9 Å². The summed E-state index contributed by atoms with van der Waals surface area (Å²) in [7, 11) is 0.